The summed E-state index contributed by atoms with van der Waals surface area (Å²) >= 11 is 0. The maximum atomic E-state index is 13.9. The van der Waals surface area contributed by atoms with Gasteiger partial charge in [-0.15, -0.1) is 0 Å². The third-order valence-corrected chi connectivity index (χ3v) is 8.61. The number of benzene rings is 1. The molecule has 9 N–H and O–H groups in total. The number of hydrogen-bond acceptors (Lipinski definition) is 10. The van der Waals surface area contributed by atoms with Gasteiger partial charge in [-0.25, -0.2) is 10.2 Å². The number of primary amides is 1. The molecule has 2 saturated heterocycles. The summed E-state index contributed by atoms with van der Waals surface area (Å²) in [6.45, 7) is 5.04. The van der Waals surface area contributed by atoms with Crippen LogP contribution in [-0.4, -0.2) is 124 Å². The van der Waals surface area contributed by atoms with Crippen LogP contribution in [0, 0.1) is 11.8 Å². The molecule has 0 saturated carbocycles. The summed E-state index contributed by atoms with van der Waals surface area (Å²) in [4.78, 5) is 65.8. The number of amides is 6. The zero-order valence-electron chi connectivity index (χ0n) is 27.3. The van der Waals surface area contributed by atoms with Crippen molar-refractivity contribution in [2.45, 2.75) is 89.1 Å². The summed E-state index contributed by atoms with van der Waals surface area (Å²) in [6, 6.07) is 3.99. The maximum absolute atomic E-state index is 13.9. The number of ether oxygens (including phenoxy) is 1. The topological polar surface area (TPSA) is 236 Å². The van der Waals surface area contributed by atoms with E-state index >= 15 is 0 Å². The van der Waals surface area contributed by atoms with Crippen LogP contribution in [0.3, 0.4) is 0 Å². The van der Waals surface area contributed by atoms with Gasteiger partial charge in [-0.3, -0.25) is 29.1 Å². The first-order chi connectivity index (χ1) is 22.3. The minimum atomic E-state index is -1.41. The molecule has 47 heavy (non-hydrogen) atoms. The fourth-order valence-corrected chi connectivity index (χ4v) is 5.77. The molecule has 2 fully saturated rings. The maximum Gasteiger partial charge on any atom is 0.316 e. The average Bonchev–Trinajstić information content (AvgIpc) is 3.41. The second-order valence-corrected chi connectivity index (χ2v) is 12.4. The van der Waals surface area contributed by atoms with Crippen LogP contribution in [0.1, 0.15) is 45.6 Å². The molecule has 3 rings (SSSR count). The Labute approximate surface area is 274 Å². The van der Waals surface area contributed by atoms with Crippen LogP contribution < -0.4 is 27.1 Å². The number of nitrogens with two attached hydrogens (primary N) is 1. The third-order valence-electron chi connectivity index (χ3n) is 8.61. The molecule has 16 heteroatoms. The molecule has 2 aliphatic rings. The second-order valence-electron chi connectivity index (χ2n) is 12.4. The van der Waals surface area contributed by atoms with E-state index in [9.17, 15) is 39.3 Å². The number of hydrogen-bond donors (Lipinski definition) is 8. The highest BCUT2D eigenvalue weighted by Crippen LogP contribution is 2.20. The Bertz CT molecular complexity index is 1240. The molecule has 0 spiro atoms. The van der Waals surface area contributed by atoms with Crippen molar-refractivity contribution in [1.29, 1.82) is 0 Å². The van der Waals surface area contributed by atoms with Crippen LogP contribution in [0.15, 0.2) is 30.3 Å². The lowest BCUT2D eigenvalue weighted by Gasteiger charge is -2.39. The van der Waals surface area contributed by atoms with Crippen LogP contribution in [0.4, 0.5) is 4.79 Å². The molecule has 6 amide bonds. The second kappa shape index (κ2) is 17.4. The Kier molecular flexibility index (Phi) is 13.9. The van der Waals surface area contributed by atoms with Crippen molar-refractivity contribution >= 4 is 29.7 Å². The van der Waals surface area contributed by atoms with Gasteiger partial charge in [0.25, 0.3) is 5.91 Å². The number of carbonyl (C=O) groups excluding carboxylic acids is 5. The van der Waals surface area contributed by atoms with Gasteiger partial charge in [0, 0.05) is 20.2 Å². The minimum absolute atomic E-state index is 0.142. The van der Waals surface area contributed by atoms with Crippen molar-refractivity contribution in [3.05, 3.63) is 35.9 Å². The number of aliphatic hydroxyl groups excluding tert-OH is 3. The normalized spacial score (nSPS) is 22.9. The number of carbonyl (C=O) groups is 5. The number of aliphatic hydroxyl groups is 3. The van der Waals surface area contributed by atoms with E-state index in [1.54, 1.807) is 26.0 Å². The molecule has 0 radical (unpaired) electrons. The lowest BCUT2D eigenvalue weighted by atomic mass is 9.91. The van der Waals surface area contributed by atoms with E-state index in [0.29, 0.717) is 13.0 Å². The highest BCUT2D eigenvalue weighted by atomic mass is 16.5. The van der Waals surface area contributed by atoms with Crippen molar-refractivity contribution in [2.24, 2.45) is 17.6 Å². The van der Waals surface area contributed by atoms with Crippen LogP contribution in [0.5, 0.6) is 0 Å². The zero-order valence-corrected chi connectivity index (χ0v) is 27.3. The van der Waals surface area contributed by atoms with E-state index in [1.165, 1.54) is 14.0 Å². The van der Waals surface area contributed by atoms with Gasteiger partial charge in [0.2, 0.25) is 17.7 Å². The minimum Gasteiger partial charge on any atom is -0.390 e. The van der Waals surface area contributed by atoms with Gasteiger partial charge in [0.15, 0.2) is 6.23 Å². The third kappa shape index (κ3) is 9.84. The van der Waals surface area contributed by atoms with Gasteiger partial charge in [-0.05, 0) is 37.2 Å². The van der Waals surface area contributed by atoms with Crippen molar-refractivity contribution in [3.63, 3.8) is 0 Å². The van der Waals surface area contributed by atoms with Gasteiger partial charge < -0.3 is 41.7 Å². The van der Waals surface area contributed by atoms with Crippen molar-refractivity contribution in [3.8, 4) is 0 Å². The summed E-state index contributed by atoms with van der Waals surface area (Å²) in [6.07, 6.45) is -2.80. The summed E-state index contributed by atoms with van der Waals surface area (Å²) in [5.41, 5.74) is 8.97. The number of likely N-dealkylation sites (tertiary alicyclic amines) is 1. The van der Waals surface area contributed by atoms with Gasteiger partial charge in [-0.1, -0.05) is 51.1 Å². The van der Waals surface area contributed by atoms with Crippen molar-refractivity contribution < 1.29 is 44.0 Å². The molecule has 0 aromatic heterocycles. The zero-order chi connectivity index (χ0) is 34.8. The number of hydrazine groups is 1. The predicted molar refractivity (Wildman–Crippen MR) is 169 cm³/mol. The molecule has 2 aliphatic heterocycles. The van der Waals surface area contributed by atoms with Gasteiger partial charge in [0.1, 0.15) is 18.7 Å². The fraction of sp³-hybridized carbons (Fsp3) is 0.645. The molecule has 0 aliphatic carbocycles. The molecule has 16 nitrogen and oxygen atoms in total. The number of nitrogens with one attached hydrogen (secondary N) is 4. The van der Waals surface area contributed by atoms with E-state index in [2.05, 4.69) is 21.4 Å². The molecule has 2 heterocycles. The molecule has 1 aromatic carbocycles. The van der Waals surface area contributed by atoms with Crippen LogP contribution in [0.2, 0.25) is 0 Å². The van der Waals surface area contributed by atoms with E-state index in [-0.39, 0.29) is 32.4 Å². The number of methoxy groups -OCH3 is 1. The summed E-state index contributed by atoms with van der Waals surface area (Å²) in [5, 5.41) is 41.8. The Balaban J connectivity index is 1.81. The fourth-order valence-electron chi connectivity index (χ4n) is 5.77. The molecule has 1 aromatic rings. The molecule has 262 valence electrons. The van der Waals surface area contributed by atoms with E-state index in [4.69, 9.17) is 10.5 Å². The molecule has 0 bridgehead atoms. The van der Waals surface area contributed by atoms with Crippen LogP contribution >= 0.6 is 0 Å². The molecular formula is C31H49N7O9. The summed E-state index contributed by atoms with van der Waals surface area (Å²) < 4.78 is 4.85. The Hall–Kier alpha value is -3.83. The number of rotatable bonds is 14. The summed E-state index contributed by atoms with van der Waals surface area (Å²) in [5.74, 6) is -4.03. The Morgan fingerprint density at radius 3 is 2.32 bits per heavy atom. The molecule has 1 unspecified atom stereocenters. The first kappa shape index (κ1) is 37.6. The van der Waals surface area contributed by atoms with E-state index in [1.807, 2.05) is 18.2 Å². The predicted octanol–water partition coefficient (Wildman–Crippen LogP) is -2.06. The lowest BCUT2D eigenvalue weighted by molar-refractivity contribution is -0.153. The van der Waals surface area contributed by atoms with Crippen molar-refractivity contribution in [2.75, 3.05) is 26.8 Å². The monoisotopic (exact) mass is 663 g/mol. The standard InChI is InChI=1S/C31H49N7O9/c1-17(2)25(40)24(36-23(39)16-47-4)30(45)38-22(11-8-13-33-38)28(43)35-21(15-19-9-6-5-7-10-19)26(41)18(3)27(42)34-20-12-14-37(29(20)44)31(32)46/h5-7,9-10,17-18,20-22,24-26,29,33,40-41,44H,8,11-16H2,1-4H3,(H2,32,46)(H,34,42)(H,35,43)(H,36,39)/t18-,20-,21-,22-,24+,25+,26-,29?/m0/s1. The summed E-state index contributed by atoms with van der Waals surface area (Å²) in [7, 11) is 1.32. The smallest absolute Gasteiger partial charge is 0.316 e. The highest BCUT2D eigenvalue weighted by Gasteiger charge is 2.42. The van der Waals surface area contributed by atoms with E-state index in [0.717, 1.165) is 15.5 Å². The molecule has 8 atom stereocenters. The van der Waals surface area contributed by atoms with Gasteiger partial charge in [0.05, 0.1) is 30.2 Å². The molecular weight excluding hydrogens is 614 g/mol. The van der Waals surface area contributed by atoms with E-state index < -0.39 is 84.1 Å². The van der Waals surface area contributed by atoms with Crippen molar-refractivity contribution in [1.82, 2.24) is 31.3 Å². The average molecular weight is 664 g/mol. The SMILES string of the molecule is COCC(=O)N[C@@H](C(=O)N1NCCC[C@H]1C(=O)N[C@@H](Cc1ccccc1)[C@@H](O)[C@H](C)C(=O)N[C@H]1CCN(C(N)=O)C1O)[C@H](O)C(C)C. The Morgan fingerprint density at radius 1 is 1.04 bits per heavy atom. The number of nitrogens with zero attached hydrogens (tertiary/aromatic N) is 2. The van der Waals surface area contributed by atoms with Gasteiger partial charge in [-0.2, -0.15) is 0 Å². The Morgan fingerprint density at radius 2 is 1.72 bits per heavy atom. The van der Waals surface area contributed by atoms with Crippen LogP contribution in [0.25, 0.3) is 0 Å². The lowest BCUT2D eigenvalue weighted by Crippen LogP contribution is -2.66. The van der Waals surface area contributed by atoms with Gasteiger partial charge >= 0.3 is 6.03 Å². The first-order valence-corrected chi connectivity index (χ1v) is 15.9. The van der Waals surface area contributed by atoms with Crippen LogP contribution in [-0.2, 0) is 30.3 Å². The number of urea groups is 1. The highest BCUT2D eigenvalue weighted by molar-refractivity contribution is 5.92. The quantitative estimate of drug-likeness (QED) is 0.108. The first-order valence-electron chi connectivity index (χ1n) is 15.9. The largest absolute Gasteiger partial charge is 0.390 e.